The van der Waals surface area contributed by atoms with E-state index in [2.05, 4.69) is 30.3 Å². The standard InChI is InChI=1S/C16H21N3O/c1-12(2)9-17-15-8-16(20)19(18-10-15)11-14-6-4-5-13(3)7-14/h4-8,10,12,17H,9,11H2,1-3H3. The molecular weight excluding hydrogens is 250 g/mol. The van der Waals surface area contributed by atoms with Crippen LogP contribution in [0.15, 0.2) is 41.3 Å². The molecule has 0 aliphatic rings. The van der Waals surface area contributed by atoms with Crippen LogP contribution in [0.3, 0.4) is 0 Å². The van der Waals surface area contributed by atoms with Gasteiger partial charge in [0.2, 0.25) is 0 Å². The summed E-state index contributed by atoms with van der Waals surface area (Å²) >= 11 is 0. The minimum atomic E-state index is -0.0831. The first kappa shape index (κ1) is 14.3. The molecule has 1 N–H and O–H groups in total. The first-order chi connectivity index (χ1) is 9.54. The molecule has 0 unspecified atom stereocenters. The largest absolute Gasteiger partial charge is 0.383 e. The van der Waals surface area contributed by atoms with Gasteiger partial charge in [-0.1, -0.05) is 43.7 Å². The van der Waals surface area contributed by atoms with Crippen molar-refractivity contribution >= 4 is 5.69 Å². The molecule has 1 aromatic heterocycles. The molecule has 1 heterocycles. The van der Waals surface area contributed by atoms with E-state index in [0.717, 1.165) is 17.8 Å². The molecule has 2 rings (SSSR count). The molecule has 20 heavy (non-hydrogen) atoms. The van der Waals surface area contributed by atoms with Crippen molar-refractivity contribution in [2.24, 2.45) is 5.92 Å². The van der Waals surface area contributed by atoms with Crippen LogP contribution in [0.4, 0.5) is 5.69 Å². The molecule has 0 aliphatic carbocycles. The summed E-state index contributed by atoms with van der Waals surface area (Å²) in [7, 11) is 0. The maximum absolute atomic E-state index is 12.0. The fourth-order valence-corrected chi connectivity index (χ4v) is 1.95. The molecule has 4 heteroatoms. The monoisotopic (exact) mass is 271 g/mol. The second kappa shape index (κ2) is 6.37. The average molecular weight is 271 g/mol. The van der Waals surface area contributed by atoms with E-state index >= 15 is 0 Å². The molecule has 0 amide bonds. The van der Waals surface area contributed by atoms with Crippen LogP contribution < -0.4 is 10.9 Å². The van der Waals surface area contributed by atoms with E-state index < -0.39 is 0 Å². The predicted molar refractivity (Wildman–Crippen MR) is 82.1 cm³/mol. The molecule has 0 radical (unpaired) electrons. The second-order valence-electron chi connectivity index (χ2n) is 5.50. The van der Waals surface area contributed by atoms with Crippen molar-refractivity contribution in [3.05, 3.63) is 58.0 Å². The second-order valence-corrected chi connectivity index (χ2v) is 5.50. The van der Waals surface area contributed by atoms with E-state index in [9.17, 15) is 4.79 Å². The van der Waals surface area contributed by atoms with E-state index in [1.54, 1.807) is 12.3 Å². The van der Waals surface area contributed by atoms with Gasteiger partial charge in [0.1, 0.15) is 0 Å². The predicted octanol–water partition coefficient (Wildman–Crippen LogP) is 2.67. The van der Waals surface area contributed by atoms with Crippen LogP contribution >= 0.6 is 0 Å². The SMILES string of the molecule is Cc1cccc(Cn2ncc(NCC(C)C)cc2=O)c1. The van der Waals surface area contributed by atoms with Gasteiger partial charge < -0.3 is 5.32 Å². The highest BCUT2D eigenvalue weighted by Crippen LogP contribution is 2.06. The van der Waals surface area contributed by atoms with Gasteiger partial charge in [0.05, 0.1) is 18.4 Å². The lowest BCUT2D eigenvalue weighted by Crippen LogP contribution is -2.23. The van der Waals surface area contributed by atoms with Crippen LogP contribution in [-0.4, -0.2) is 16.3 Å². The van der Waals surface area contributed by atoms with Crippen LogP contribution in [0.25, 0.3) is 0 Å². The lowest BCUT2D eigenvalue weighted by molar-refractivity contribution is 0.637. The lowest BCUT2D eigenvalue weighted by Gasteiger charge is -2.10. The van der Waals surface area contributed by atoms with Crippen LogP contribution in [0, 0.1) is 12.8 Å². The fourth-order valence-electron chi connectivity index (χ4n) is 1.95. The van der Waals surface area contributed by atoms with Crippen molar-refractivity contribution in [3.8, 4) is 0 Å². The number of hydrogen-bond donors (Lipinski definition) is 1. The van der Waals surface area contributed by atoms with Crippen LogP contribution in [0.5, 0.6) is 0 Å². The molecule has 0 aliphatic heterocycles. The summed E-state index contributed by atoms with van der Waals surface area (Å²) < 4.78 is 1.48. The average Bonchev–Trinajstić information content (AvgIpc) is 2.39. The molecular formula is C16H21N3O. The third-order valence-corrected chi connectivity index (χ3v) is 3.00. The van der Waals surface area contributed by atoms with Crippen molar-refractivity contribution in [3.63, 3.8) is 0 Å². The Hall–Kier alpha value is -2.10. The molecule has 2 aromatic rings. The summed E-state index contributed by atoms with van der Waals surface area (Å²) in [4.78, 5) is 12.0. The van der Waals surface area contributed by atoms with Crippen molar-refractivity contribution in [2.45, 2.75) is 27.3 Å². The third-order valence-electron chi connectivity index (χ3n) is 3.00. The Balaban J connectivity index is 2.12. The normalized spacial score (nSPS) is 10.8. The molecule has 0 spiro atoms. The van der Waals surface area contributed by atoms with Crippen molar-refractivity contribution in [2.75, 3.05) is 11.9 Å². The molecule has 0 atom stereocenters. The summed E-state index contributed by atoms with van der Waals surface area (Å²) in [6, 6.07) is 9.71. The Bertz CT molecular complexity index is 632. The van der Waals surface area contributed by atoms with Crippen molar-refractivity contribution in [1.29, 1.82) is 0 Å². The number of aromatic nitrogens is 2. The lowest BCUT2D eigenvalue weighted by atomic mass is 10.1. The molecule has 0 fully saturated rings. The van der Waals surface area contributed by atoms with Crippen molar-refractivity contribution in [1.82, 2.24) is 9.78 Å². The Morgan fingerprint density at radius 2 is 2.10 bits per heavy atom. The first-order valence-corrected chi connectivity index (χ1v) is 6.91. The Morgan fingerprint density at radius 3 is 2.75 bits per heavy atom. The molecule has 0 bridgehead atoms. The summed E-state index contributed by atoms with van der Waals surface area (Å²) in [6.45, 7) is 7.63. The maximum Gasteiger partial charge on any atom is 0.269 e. The number of nitrogens with zero attached hydrogens (tertiary/aromatic N) is 2. The van der Waals surface area contributed by atoms with Gasteiger partial charge in [-0.25, -0.2) is 4.68 Å². The van der Waals surface area contributed by atoms with Gasteiger partial charge in [-0.15, -0.1) is 0 Å². The maximum atomic E-state index is 12.0. The van der Waals surface area contributed by atoms with Gasteiger partial charge in [0, 0.05) is 12.6 Å². The van der Waals surface area contributed by atoms with E-state index in [1.807, 2.05) is 25.1 Å². The summed E-state index contributed by atoms with van der Waals surface area (Å²) in [5.41, 5.74) is 2.97. The van der Waals surface area contributed by atoms with E-state index in [4.69, 9.17) is 0 Å². The van der Waals surface area contributed by atoms with E-state index in [0.29, 0.717) is 12.5 Å². The van der Waals surface area contributed by atoms with E-state index in [-0.39, 0.29) is 5.56 Å². The van der Waals surface area contributed by atoms with Gasteiger partial charge in [0.15, 0.2) is 0 Å². The zero-order valence-electron chi connectivity index (χ0n) is 12.3. The highest BCUT2D eigenvalue weighted by Gasteiger charge is 2.02. The number of hydrogen-bond acceptors (Lipinski definition) is 3. The number of anilines is 1. The number of rotatable bonds is 5. The molecule has 0 saturated carbocycles. The smallest absolute Gasteiger partial charge is 0.269 e. The van der Waals surface area contributed by atoms with Gasteiger partial charge >= 0.3 is 0 Å². The van der Waals surface area contributed by atoms with E-state index in [1.165, 1.54) is 10.2 Å². The quantitative estimate of drug-likeness (QED) is 0.909. The highest BCUT2D eigenvalue weighted by molar-refractivity contribution is 5.38. The summed E-state index contributed by atoms with van der Waals surface area (Å²) in [6.07, 6.45) is 1.71. The number of aryl methyl sites for hydroxylation is 1. The minimum absolute atomic E-state index is 0.0831. The molecule has 106 valence electrons. The molecule has 0 saturated heterocycles. The van der Waals surface area contributed by atoms with Gasteiger partial charge in [-0.3, -0.25) is 4.79 Å². The number of benzene rings is 1. The zero-order valence-corrected chi connectivity index (χ0v) is 12.3. The minimum Gasteiger partial charge on any atom is -0.383 e. The Labute approximate surface area is 119 Å². The van der Waals surface area contributed by atoms with Gasteiger partial charge in [-0.05, 0) is 18.4 Å². The molecule has 1 aromatic carbocycles. The summed E-state index contributed by atoms with van der Waals surface area (Å²) in [5.74, 6) is 0.532. The first-order valence-electron chi connectivity index (χ1n) is 6.91. The van der Waals surface area contributed by atoms with Crippen LogP contribution in [0.2, 0.25) is 0 Å². The van der Waals surface area contributed by atoms with Crippen LogP contribution in [-0.2, 0) is 6.54 Å². The van der Waals surface area contributed by atoms with Crippen LogP contribution in [0.1, 0.15) is 25.0 Å². The summed E-state index contributed by atoms with van der Waals surface area (Å²) in [5, 5.41) is 7.43. The number of nitrogens with one attached hydrogen (secondary N) is 1. The zero-order chi connectivity index (χ0) is 14.5. The topological polar surface area (TPSA) is 46.9 Å². The van der Waals surface area contributed by atoms with Gasteiger partial charge in [0.25, 0.3) is 5.56 Å². The third kappa shape index (κ3) is 3.95. The van der Waals surface area contributed by atoms with Crippen molar-refractivity contribution < 1.29 is 0 Å². The Morgan fingerprint density at radius 1 is 1.30 bits per heavy atom. The fraction of sp³-hybridized carbons (Fsp3) is 0.375. The highest BCUT2D eigenvalue weighted by atomic mass is 16.1. The molecule has 4 nitrogen and oxygen atoms in total. The Kier molecular flexibility index (Phi) is 4.56. The van der Waals surface area contributed by atoms with Gasteiger partial charge in [-0.2, -0.15) is 5.10 Å².